The molecular formula is C16H12N2O3. The molecule has 0 aliphatic carbocycles. The monoisotopic (exact) mass is 280 g/mol. The standard InChI is InChI=1S/C16H12N2O3/c17-9-13(12-2-1-5-18-10-12)16(19)11-3-4-14-15(8-11)21-7-6-20-14/h1-5,8,10,13H,6-7H2. The summed E-state index contributed by atoms with van der Waals surface area (Å²) in [5.41, 5.74) is 1.01. The first-order valence-electron chi connectivity index (χ1n) is 6.53. The molecule has 0 spiro atoms. The molecule has 3 rings (SSSR count). The zero-order valence-corrected chi connectivity index (χ0v) is 11.2. The van der Waals surface area contributed by atoms with E-state index in [2.05, 4.69) is 4.98 Å². The number of nitriles is 1. The highest BCUT2D eigenvalue weighted by Gasteiger charge is 2.23. The van der Waals surface area contributed by atoms with Gasteiger partial charge in [-0.25, -0.2) is 0 Å². The molecule has 5 heteroatoms. The number of ketones is 1. The highest BCUT2D eigenvalue weighted by molar-refractivity contribution is 6.03. The molecule has 1 aromatic carbocycles. The van der Waals surface area contributed by atoms with Gasteiger partial charge >= 0.3 is 0 Å². The van der Waals surface area contributed by atoms with E-state index in [0.717, 1.165) is 0 Å². The maximum absolute atomic E-state index is 12.5. The van der Waals surface area contributed by atoms with Crippen LogP contribution < -0.4 is 9.47 Å². The van der Waals surface area contributed by atoms with E-state index in [1.165, 1.54) is 6.20 Å². The second-order valence-corrected chi connectivity index (χ2v) is 4.57. The predicted molar refractivity (Wildman–Crippen MR) is 74.4 cm³/mol. The molecule has 0 N–H and O–H groups in total. The zero-order valence-electron chi connectivity index (χ0n) is 11.2. The molecule has 0 saturated carbocycles. The third-order valence-electron chi connectivity index (χ3n) is 3.24. The molecule has 2 heterocycles. The van der Waals surface area contributed by atoms with Crippen LogP contribution in [-0.2, 0) is 0 Å². The molecule has 0 saturated heterocycles. The smallest absolute Gasteiger partial charge is 0.184 e. The van der Waals surface area contributed by atoms with Crippen LogP contribution in [0, 0.1) is 11.3 Å². The predicted octanol–water partition coefficient (Wildman–Crippen LogP) is 2.34. The SMILES string of the molecule is N#CC(C(=O)c1ccc2c(c1)OCCO2)c1cccnc1. The van der Waals surface area contributed by atoms with E-state index < -0.39 is 5.92 Å². The van der Waals surface area contributed by atoms with E-state index in [1.807, 2.05) is 6.07 Å². The number of benzene rings is 1. The minimum absolute atomic E-state index is 0.275. The van der Waals surface area contributed by atoms with Crippen molar-refractivity contribution in [1.82, 2.24) is 4.98 Å². The van der Waals surface area contributed by atoms with E-state index in [0.29, 0.717) is 35.8 Å². The number of pyridine rings is 1. The molecule has 2 aromatic rings. The van der Waals surface area contributed by atoms with Crippen LogP contribution in [0.15, 0.2) is 42.7 Å². The van der Waals surface area contributed by atoms with Crippen molar-refractivity contribution in [3.05, 3.63) is 53.9 Å². The van der Waals surface area contributed by atoms with Gasteiger partial charge in [0.1, 0.15) is 19.1 Å². The molecule has 0 bridgehead atoms. The van der Waals surface area contributed by atoms with Crippen molar-refractivity contribution < 1.29 is 14.3 Å². The van der Waals surface area contributed by atoms with Crippen LogP contribution in [0.3, 0.4) is 0 Å². The summed E-state index contributed by atoms with van der Waals surface area (Å²) in [5, 5.41) is 9.30. The lowest BCUT2D eigenvalue weighted by atomic mass is 9.93. The number of rotatable bonds is 3. The third kappa shape index (κ3) is 2.56. The van der Waals surface area contributed by atoms with Gasteiger partial charge in [0.2, 0.25) is 0 Å². The zero-order chi connectivity index (χ0) is 14.7. The number of ether oxygens (including phenoxy) is 2. The molecule has 5 nitrogen and oxygen atoms in total. The molecule has 21 heavy (non-hydrogen) atoms. The summed E-state index contributed by atoms with van der Waals surface area (Å²) in [5.74, 6) is 0.00592. The van der Waals surface area contributed by atoms with Gasteiger partial charge in [-0.1, -0.05) is 6.07 Å². The van der Waals surface area contributed by atoms with Gasteiger partial charge in [0.25, 0.3) is 0 Å². The summed E-state index contributed by atoms with van der Waals surface area (Å²) in [7, 11) is 0. The first-order valence-corrected chi connectivity index (χ1v) is 6.53. The Morgan fingerprint density at radius 2 is 2.05 bits per heavy atom. The van der Waals surface area contributed by atoms with Gasteiger partial charge in [-0.2, -0.15) is 5.26 Å². The highest BCUT2D eigenvalue weighted by atomic mass is 16.6. The summed E-state index contributed by atoms with van der Waals surface area (Å²) in [6.07, 6.45) is 3.14. The fraction of sp³-hybridized carbons (Fsp3) is 0.188. The summed E-state index contributed by atoms with van der Waals surface area (Å²) >= 11 is 0. The highest BCUT2D eigenvalue weighted by Crippen LogP contribution is 2.32. The number of hydrogen-bond donors (Lipinski definition) is 0. The Labute approximate surface area is 121 Å². The van der Waals surface area contributed by atoms with Crippen molar-refractivity contribution in [3.8, 4) is 17.6 Å². The molecule has 1 atom stereocenters. The van der Waals surface area contributed by atoms with Gasteiger partial charge < -0.3 is 9.47 Å². The summed E-state index contributed by atoms with van der Waals surface area (Å²) in [6, 6.07) is 10.4. The lowest BCUT2D eigenvalue weighted by molar-refractivity contribution is 0.0977. The molecule has 0 amide bonds. The van der Waals surface area contributed by atoms with Crippen LogP contribution >= 0.6 is 0 Å². The van der Waals surface area contributed by atoms with E-state index in [-0.39, 0.29) is 5.78 Å². The third-order valence-corrected chi connectivity index (χ3v) is 3.24. The first-order chi connectivity index (χ1) is 10.3. The van der Waals surface area contributed by atoms with Gasteiger partial charge in [0, 0.05) is 18.0 Å². The molecule has 0 fully saturated rings. The quantitative estimate of drug-likeness (QED) is 0.807. The van der Waals surface area contributed by atoms with Crippen LogP contribution in [0.4, 0.5) is 0 Å². The van der Waals surface area contributed by atoms with E-state index in [9.17, 15) is 10.1 Å². The molecular weight excluding hydrogens is 268 g/mol. The van der Waals surface area contributed by atoms with Crippen molar-refractivity contribution in [3.63, 3.8) is 0 Å². The molecule has 104 valence electrons. The molecule has 1 unspecified atom stereocenters. The Morgan fingerprint density at radius 3 is 2.76 bits per heavy atom. The molecule has 1 aromatic heterocycles. The Kier molecular flexibility index (Phi) is 3.52. The van der Waals surface area contributed by atoms with Gasteiger partial charge in [0.15, 0.2) is 17.3 Å². The van der Waals surface area contributed by atoms with E-state index in [4.69, 9.17) is 9.47 Å². The average Bonchev–Trinajstić information content (AvgIpc) is 2.56. The van der Waals surface area contributed by atoms with Crippen molar-refractivity contribution in [1.29, 1.82) is 5.26 Å². The van der Waals surface area contributed by atoms with Gasteiger partial charge in [-0.3, -0.25) is 9.78 Å². The van der Waals surface area contributed by atoms with Gasteiger partial charge in [-0.15, -0.1) is 0 Å². The lowest BCUT2D eigenvalue weighted by Crippen LogP contribution is -2.17. The second kappa shape index (κ2) is 5.63. The summed E-state index contributed by atoms with van der Waals surface area (Å²) < 4.78 is 10.9. The van der Waals surface area contributed by atoms with Gasteiger partial charge in [-0.05, 0) is 29.8 Å². The lowest BCUT2D eigenvalue weighted by Gasteiger charge is -2.19. The maximum Gasteiger partial charge on any atom is 0.184 e. The Hall–Kier alpha value is -2.87. The molecule has 1 aliphatic heterocycles. The maximum atomic E-state index is 12.5. The molecule has 1 aliphatic rings. The Morgan fingerprint density at radius 1 is 1.24 bits per heavy atom. The number of carbonyl (C=O) groups is 1. The van der Waals surface area contributed by atoms with Crippen molar-refractivity contribution in [2.45, 2.75) is 5.92 Å². The first kappa shape index (κ1) is 13.1. The van der Waals surface area contributed by atoms with Gasteiger partial charge in [0.05, 0.1) is 6.07 Å². The van der Waals surface area contributed by atoms with Crippen LogP contribution in [0.25, 0.3) is 0 Å². The topological polar surface area (TPSA) is 72.2 Å². The number of carbonyl (C=O) groups excluding carboxylic acids is 1. The number of aromatic nitrogens is 1. The summed E-state index contributed by atoms with van der Waals surface area (Å²) in [6.45, 7) is 0.950. The van der Waals surface area contributed by atoms with Crippen LogP contribution in [0.5, 0.6) is 11.5 Å². The Balaban J connectivity index is 1.92. The average molecular weight is 280 g/mol. The number of fused-ring (bicyclic) bond motifs is 1. The van der Waals surface area contributed by atoms with Crippen LogP contribution in [0.1, 0.15) is 21.8 Å². The Bertz CT molecular complexity index is 707. The minimum atomic E-state index is -0.874. The minimum Gasteiger partial charge on any atom is -0.486 e. The number of nitrogens with zero attached hydrogens (tertiary/aromatic N) is 2. The van der Waals surface area contributed by atoms with Crippen molar-refractivity contribution in [2.24, 2.45) is 0 Å². The number of Topliss-reactive ketones (excluding diaryl/α,β-unsaturated/α-hetero) is 1. The molecule has 0 radical (unpaired) electrons. The van der Waals surface area contributed by atoms with Crippen molar-refractivity contribution >= 4 is 5.78 Å². The van der Waals surface area contributed by atoms with Crippen LogP contribution in [-0.4, -0.2) is 24.0 Å². The fourth-order valence-corrected chi connectivity index (χ4v) is 2.19. The van der Waals surface area contributed by atoms with Crippen LogP contribution in [0.2, 0.25) is 0 Å². The largest absolute Gasteiger partial charge is 0.486 e. The number of hydrogen-bond acceptors (Lipinski definition) is 5. The van der Waals surface area contributed by atoms with Crippen molar-refractivity contribution in [2.75, 3.05) is 13.2 Å². The van der Waals surface area contributed by atoms with E-state index in [1.54, 1.807) is 36.5 Å². The normalized spacial score (nSPS) is 14.0. The summed E-state index contributed by atoms with van der Waals surface area (Å²) in [4.78, 5) is 16.5. The van der Waals surface area contributed by atoms with E-state index >= 15 is 0 Å². The fourth-order valence-electron chi connectivity index (χ4n) is 2.19. The second-order valence-electron chi connectivity index (χ2n) is 4.57.